The molecule has 1 aromatic heterocycles. The summed E-state index contributed by atoms with van der Waals surface area (Å²) in [5, 5.41) is 0. The first-order valence-corrected chi connectivity index (χ1v) is 8.73. The highest BCUT2D eigenvalue weighted by atomic mass is 32.2. The van der Waals surface area contributed by atoms with Crippen molar-refractivity contribution >= 4 is 10.0 Å². The molecular formula is C14H22N2O3S. The van der Waals surface area contributed by atoms with Crippen LogP contribution < -0.4 is 10.5 Å². The van der Waals surface area contributed by atoms with Gasteiger partial charge in [-0.05, 0) is 51.4 Å². The van der Waals surface area contributed by atoms with Crippen molar-refractivity contribution in [1.29, 1.82) is 0 Å². The van der Waals surface area contributed by atoms with Crippen LogP contribution in [0.1, 0.15) is 42.8 Å². The van der Waals surface area contributed by atoms with Crippen LogP contribution >= 0.6 is 0 Å². The van der Waals surface area contributed by atoms with Crippen LogP contribution in [0.5, 0.6) is 0 Å². The SMILES string of the molecule is Cc1oc(C)c(S(=O)(=O)NC(C2CC2)C2CC2)c1CN. The summed E-state index contributed by atoms with van der Waals surface area (Å²) in [6, 6.07) is 0.0974. The summed E-state index contributed by atoms with van der Waals surface area (Å²) in [7, 11) is -3.55. The van der Waals surface area contributed by atoms with E-state index in [2.05, 4.69) is 4.72 Å². The van der Waals surface area contributed by atoms with Crippen molar-refractivity contribution in [3.05, 3.63) is 17.1 Å². The molecule has 0 amide bonds. The molecule has 0 atom stereocenters. The monoisotopic (exact) mass is 298 g/mol. The Bertz CT molecular complexity index is 601. The van der Waals surface area contributed by atoms with E-state index in [1.807, 2.05) is 0 Å². The Labute approximate surface area is 120 Å². The van der Waals surface area contributed by atoms with E-state index >= 15 is 0 Å². The topological polar surface area (TPSA) is 85.3 Å². The van der Waals surface area contributed by atoms with Crippen LogP contribution in [0.25, 0.3) is 0 Å². The Balaban J connectivity index is 1.91. The molecule has 3 N–H and O–H groups in total. The number of hydrogen-bond acceptors (Lipinski definition) is 4. The summed E-state index contributed by atoms with van der Waals surface area (Å²) >= 11 is 0. The summed E-state index contributed by atoms with van der Waals surface area (Å²) in [4.78, 5) is 0.254. The predicted octanol–water partition coefficient (Wildman–Crippen LogP) is 1.82. The number of rotatable bonds is 6. The molecule has 1 aromatic rings. The first kappa shape index (κ1) is 14.1. The minimum atomic E-state index is -3.55. The molecule has 2 fully saturated rings. The molecule has 2 saturated carbocycles. The molecule has 2 aliphatic carbocycles. The molecule has 2 aliphatic rings. The third-order valence-electron chi connectivity index (χ3n) is 4.35. The Morgan fingerprint density at radius 1 is 1.20 bits per heavy atom. The largest absolute Gasteiger partial charge is 0.465 e. The molecule has 0 aliphatic heterocycles. The average Bonchev–Trinajstić information content (AvgIpc) is 3.25. The lowest BCUT2D eigenvalue weighted by Gasteiger charge is -2.18. The maximum absolute atomic E-state index is 12.7. The van der Waals surface area contributed by atoms with Crippen LogP contribution in [0.3, 0.4) is 0 Å². The van der Waals surface area contributed by atoms with E-state index in [4.69, 9.17) is 10.2 Å². The normalized spacial score (nSPS) is 19.8. The molecule has 0 unspecified atom stereocenters. The molecule has 0 bridgehead atoms. The van der Waals surface area contributed by atoms with E-state index in [-0.39, 0.29) is 17.5 Å². The quantitative estimate of drug-likeness (QED) is 0.839. The van der Waals surface area contributed by atoms with Gasteiger partial charge in [-0.15, -0.1) is 0 Å². The Kier molecular flexibility index (Phi) is 3.43. The summed E-state index contributed by atoms with van der Waals surface area (Å²) in [5.74, 6) is 2.07. The highest BCUT2D eigenvalue weighted by molar-refractivity contribution is 7.89. The van der Waals surface area contributed by atoms with Crippen molar-refractivity contribution in [2.45, 2.75) is 57.0 Å². The van der Waals surface area contributed by atoms with E-state index in [1.165, 1.54) is 0 Å². The molecule has 6 heteroatoms. The molecule has 0 aromatic carbocycles. The van der Waals surface area contributed by atoms with E-state index in [0.717, 1.165) is 25.7 Å². The zero-order valence-corrected chi connectivity index (χ0v) is 12.8. The third-order valence-corrected chi connectivity index (χ3v) is 6.00. The maximum atomic E-state index is 12.7. The lowest BCUT2D eigenvalue weighted by molar-refractivity contribution is 0.467. The Hall–Kier alpha value is -0.850. The number of hydrogen-bond donors (Lipinski definition) is 2. The minimum Gasteiger partial charge on any atom is -0.465 e. The van der Waals surface area contributed by atoms with Gasteiger partial charge in [0.2, 0.25) is 10.0 Å². The molecule has 0 spiro atoms. The fraction of sp³-hybridized carbons (Fsp3) is 0.714. The number of aryl methyl sites for hydroxylation is 2. The summed E-state index contributed by atoms with van der Waals surface area (Å²) in [6.45, 7) is 3.62. The number of furan rings is 1. The second kappa shape index (κ2) is 4.86. The molecular weight excluding hydrogens is 276 g/mol. The highest BCUT2D eigenvalue weighted by Gasteiger charge is 2.44. The van der Waals surface area contributed by atoms with Gasteiger partial charge >= 0.3 is 0 Å². The van der Waals surface area contributed by atoms with Crippen molar-refractivity contribution in [1.82, 2.24) is 4.72 Å². The lowest BCUT2D eigenvalue weighted by atomic mass is 10.1. The van der Waals surface area contributed by atoms with Gasteiger partial charge in [-0.25, -0.2) is 13.1 Å². The van der Waals surface area contributed by atoms with Gasteiger partial charge in [0.25, 0.3) is 0 Å². The van der Waals surface area contributed by atoms with Crippen LogP contribution in [0.15, 0.2) is 9.31 Å². The van der Waals surface area contributed by atoms with Gasteiger partial charge in [-0.3, -0.25) is 0 Å². The van der Waals surface area contributed by atoms with Gasteiger partial charge in [0, 0.05) is 18.2 Å². The van der Waals surface area contributed by atoms with Crippen molar-refractivity contribution in [3.63, 3.8) is 0 Å². The smallest absolute Gasteiger partial charge is 0.244 e. The first-order valence-electron chi connectivity index (χ1n) is 7.25. The summed E-state index contributed by atoms with van der Waals surface area (Å²) in [6.07, 6.45) is 4.54. The van der Waals surface area contributed by atoms with Gasteiger partial charge in [0.1, 0.15) is 16.4 Å². The number of sulfonamides is 1. The third kappa shape index (κ3) is 2.52. The van der Waals surface area contributed by atoms with Crippen molar-refractivity contribution < 1.29 is 12.8 Å². The van der Waals surface area contributed by atoms with Crippen molar-refractivity contribution in [2.75, 3.05) is 0 Å². The summed E-state index contributed by atoms with van der Waals surface area (Å²) in [5.41, 5.74) is 6.28. The van der Waals surface area contributed by atoms with Gasteiger partial charge < -0.3 is 10.2 Å². The molecule has 0 radical (unpaired) electrons. The van der Waals surface area contributed by atoms with Gasteiger partial charge in [0.05, 0.1) is 0 Å². The Morgan fingerprint density at radius 3 is 2.20 bits per heavy atom. The van der Waals surface area contributed by atoms with Crippen LogP contribution in [0.2, 0.25) is 0 Å². The van der Waals surface area contributed by atoms with E-state index in [1.54, 1.807) is 13.8 Å². The predicted molar refractivity (Wildman–Crippen MR) is 75.6 cm³/mol. The number of nitrogens with two attached hydrogens (primary N) is 1. The first-order chi connectivity index (χ1) is 9.44. The van der Waals surface area contributed by atoms with E-state index in [0.29, 0.717) is 28.9 Å². The van der Waals surface area contributed by atoms with Gasteiger partial charge in [0.15, 0.2) is 0 Å². The van der Waals surface area contributed by atoms with E-state index < -0.39 is 10.0 Å². The maximum Gasteiger partial charge on any atom is 0.244 e. The fourth-order valence-electron chi connectivity index (χ4n) is 3.02. The van der Waals surface area contributed by atoms with Crippen LogP contribution in [-0.2, 0) is 16.6 Å². The molecule has 1 heterocycles. The molecule has 5 nitrogen and oxygen atoms in total. The zero-order valence-electron chi connectivity index (χ0n) is 12.0. The van der Waals surface area contributed by atoms with Crippen molar-refractivity contribution in [3.8, 4) is 0 Å². The van der Waals surface area contributed by atoms with Gasteiger partial charge in [-0.1, -0.05) is 0 Å². The number of nitrogens with one attached hydrogen (secondary N) is 1. The second-order valence-electron chi connectivity index (χ2n) is 6.05. The van der Waals surface area contributed by atoms with Gasteiger partial charge in [-0.2, -0.15) is 0 Å². The van der Waals surface area contributed by atoms with Crippen LogP contribution in [0, 0.1) is 25.7 Å². The Morgan fingerprint density at radius 2 is 1.75 bits per heavy atom. The fourth-order valence-corrected chi connectivity index (χ4v) is 4.86. The van der Waals surface area contributed by atoms with Crippen LogP contribution in [-0.4, -0.2) is 14.5 Å². The average molecular weight is 298 g/mol. The molecule has 0 saturated heterocycles. The lowest BCUT2D eigenvalue weighted by Crippen LogP contribution is -2.38. The zero-order chi connectivity index (χ0) is 14.5. The summed E-state index contributed by atoms with van der Waals surface area (Å²) < 4.78 is 33.8. The van der Waals surface area contributed by atoms with Crippen molar-refractivity contribution in [2.24, 2.45) is 17.6 Å². The van der Waals surface area contributed by atoms with Crippen LogP contribution in [0.4, 0.5) is 0 Å². The molecule has 20 heavy (non-hydrogen) atoms. The minimum absolute atomic E-state index is 0.0974. The van der Waals surface area contributed by atoms with E-state index in [9.17, 15) is 8.42 Å². The molecule has 3 rings (SSSR count). The second-order valence-corrected chi connectivity index (χ2v) is 7.70. The highest BCUT2D eigenvalue weighted by Crippen LogP contribution is 2.45. The molecule has 112 valence electrons. The standard InChI is InChI=1S/C14H22N2O3S/c1-8-12(7-15)14(9(2)19-8)20(17,18)16-13(10-3-4-10)11-5-6-11/h10-11,13,16H,3-7,15H2,1-2H3.